The molecular formula is C46H29N3. The molecule has 0 spiro atoms. The molecule has 0 atom stereocenters. The molecule has 228 valence electrons. The van der Waals surface area contributed by atoms with Gasteiger partial charge in [0, 0.05) is 49.4 Å². The predicted molar refractivity (Wildman–Crippen MR) is 207 cm³/mol. The van der Waals surface area contributed by atoms with Gasteiger partial charge in [0.25, 0.3) is 0 Å². The highest BCUT2D eigenvalue weighted by Gasteiger charge is 2.22. The van der Waals surface area contributed by atoms with E-state index in [1.165, 1.54) is 76.2 Å². The van der Waals surface area contributed by atoms with Crippen LogP contribution in [0.1, 0.15) is 0 Å². The van der Waals surface area contributed by atoms with Crippen molar-refractivity contribution in [1.29, 1.82) is 0 Å². The summed E-state index contributed by atoms with van der Waals surface area (Å²) in [7, 11) is 0. The molecular weight excluding hydrogens is 595 g/mol. The van der Waals surface area contributed by atoms with Crippen LogP contribution in [0.5, 0.6) is 0 Å². The van der Waals surface area contributed by atoms with E-state index in [0.717, 1.165) is 17.1 Å². The molecule has 3 nitrogen and oxygen atoms in total. The summed E-state index contributed by atoms with van der Waals surface area (Å²) in [4.78, 5) is 0. The summed E-state index contributed by atoms with van der Waals surface area (Å²) in [6, 6.07) is 64.3. The number of hydrogen-bond donors (Lipinski definition) is 0. The second kappa shape index (κ2) is 9.96. The Morgan fingerprint density at radius 2 is 0.653 bits per heavy atom. The Labute approximate surface area is 282 Å². The van der Waals surface area contributed by atoms with Gasteiger partial charge in [-0.2, -0.15) is 0 Å². The van der Waals surface area contributed by atoms with E-state index >= 15 is 0 Å². The second-order valence-corrected chi connectivity index (χ2v) is 13.0. The zero-order chi connectivity index (χ0) is 32.1. The number of benzene rings is 8. The van der Waals surface area contributed by atoms with Crippen molar-refractivity contribution in [2.75, 3.05) is 0 Å². The van der Waals surface area contributed by atoms with Crippen LogP contribution in [-0.4, -0.2) is 13.7 Å². The number of hydrogen-bond acceptors (Lipinski definition) is 0. The fourth-order valence-electron chi connectivity index (χ4n) is 8.32. The van der Waals surface area contributed by atoms with Crippen molar-refractivity contribution >= 4 is 76.2 Å². The lowest BCUT2D eigenvalue weighted by Crippen LogP contribution is -2.00. The highest BCUT2D eigenvalue weighted by molar-refractivity contribution is 6.24. The molecule has 0 saturated heterocycles. The minimum absolute atomic E-state index is 1.13. The van der Waals surface area contributed by atoms with Gasteiger partial charge in [-0.1, -0.05) is 121 Å². The van der Waals surface area contributed by atoms with Gasteiger partial charge in [0.15, 0.2) is 0 Å². The predicted octanol–water partition coefficient (Wildman–Crippen LogP) is 12.1. The Balaban J connectivity index is 1.28. The first-order valence-corrected chi connectivity index (χ1v) is 16.9. The van der Waals surface area contributed by atoms with Crippen molar-refractivity contribution in [1.82, 2.24) is 13.7 Å². The highest BCUT2D eigenvalue weighted by Crippen LogP contribution is 2.42. The van der Waals surface area contributed by atoms with Crippen molar-refractivity contribution in [3.63, 3.8) is 0 Å². The van der Waals surface area contributed by atoms with E-state index in [4.69, 9.17) is 0 Å². The van der Waals surface area contributed by atoms with Gasteiger partial charge in [-0.15, -0.1) is 0 Å². The van der Waals surface area contributed by atoms with E-state index in [9.17, 15) is 0 Å². The number of para-hydroxylation sites is 4. The lowest BCUT2D eigenvalue weighted by atomic mass is 10.1. The molecule has 11 rings (SSSR count). The van der Waals surface area contributed by atoms with Gasteiger partial charge in [0.05, 0.1) is 33.1 Å². The number of rotatable bonds is 3. The topological polar surface area (TPSA) is 14.8 Å². The summed E-state index contributed by atoms with van der Waals surface area (Å²) >= 11 is 0. The molecule has 8 aromatic carbocycles. The third-order valence-electron chi connectivity index (χ3n) is 10.4. The van der Waals surface area contributed by atoms with Gasteiger partial charge in [0.2, 0.25) is 0 Å². The standard InChI is InChI=1S/C46H29N3/c1-2-13-31-28-34(25-24-30(31)12-1)49-44-23-10-6-19-38(44)40-27-26-39-37-18-5-9-22-43(37)48(45(39)46(40)49)33-15-11-14-32(29-33)47-41-20-7-3-16-35(41)36-17-4-8-21-42(36)47/h1-29H. The molecule has 49 heavy (non-hydrogen) atoms. The highest BCUT2D eigenvalue weighted by atomic mass is 15.1. The molecule has 0 aliphatic heterocycles. The molecule has 0 fully saturated rings. The molecule has 0 radical (unpaired) electrons. The van der Waals surface area contributed by atoms with Crippen LogP contribution in [0, 0.1) is 0 Å². The van der Waals surface area contributed by atoms with Gasteiger partial charge in [-0.05, 0) is 65.4 Å². The second-order valence-electron chi connectivity index (χ2n) is 13.0. The Morgan fingerprint density at radius 3 is 1.20 bits per heavy atom. The summed E-state index contributed by atoms with van der Waals surface area (Å²) < 4.78 is 7.37. The maximum atomic E-state index is 2.49. The quantitative estimate of drug-likeness (QED) is 0.186. The molecule has 3 heteroatoms. The molecule has 0 N–H and O–H groups in total. The molecule has 0 unspecified atom stereocenters. The fourth-order valence-corrected chi connectivity index (χ4v) is 8.32. The van der Waals surface area contributed by atoms with Crippen molar-refractivity contribution in [3.8, 4) is 17.1 Å². The molecule has 3 heterocycles. The summed E-state index contributed by atoms with van der Waals surface area (Å²) in [6.07, 6.45) is 0. The monoisotopic (exact) mass is 623 g/mol. The summed E-state index contributed by atoms with van der Waals surface area (Å²) in [5.74, 6) is 0. The van der Waals surface area contributed by atoms with Gasteiger partial charge in [-0.3, -0.25) is 0 Å². The average Bonchev–Trinajstić information content (AvgIpc) is 3.81. The van der Waals surface area contributed by atoms with Crippen LogP contribution in [0.25, 0.3) is 93.3 Å². The number of fused-ring (bicyclic) bond motifs is 11. The first-order valence-electron chi connectivity index (χ1n) is 16.9. The first-order chi connectivity index (χ1) is 24.3. The van der Waals surface area contributed by atoms with Crippen molar-refractivity contribution in [3.05, 3.63) is 176 Å². The van der Waals surface area contributed by atoms with Crippen LogP contribution in [0.2, 0.25) is 0 Å². The Hall–Kier alpha value is -6.58. The number of nitrogens with zero attached hydrogens (tertiary/aromatic N) is 3. The third-order valence-corrected chi connectivity index (χ3v) is 10.4. The molecule has 0 aliphatic rings. The van der Waals surface area contributed by atoms with E-state index in [0.29, 0.717) is 0 Å². The van der Waals surface area contributed by atoms with Crippen molar-refractivity contribution < 1.29 is 0 Å². The van der Waals surface area contributed by atoms with Gasteiger partial charge in [0.1, 0.15) is 0 Å². The van der Waals surface area contributed by atoms with Gasteiger partial charge >= 0.3 is 0 Å². The van der Waals surface area contributed by atoms with E-state index < -0.39 is 0 Å². The lowest BCUT2D eigenvalue weighted by molar-refractivity contribution is 1.13. The van der Waals surface area contributed by atoms with E-state index in [1.54, 1.807) is 0 Å². The lowest BCUT2D eigenvalue weighted by Gasteiger charge is -2.15. The smallest absolute Gasteiger partial charge is 0.0788 e. The summed E-state index contributed by atoms with van der Waals surface area (Å²) in [5, 5.41) is 10.0. The van der Waals surface area contributed by atoms with Crippen LogP contribution in [-0.2, 0) is 0 Å². The molecule has 0 bridgehead atoms. The van der Waals surface area contributed by atoms with Gasteiger partial charge in [-0.25, -0.2) is 0 Å². The van der Waals surface area contributed by atoms with Crippen LogP contribution in [0.4, 0.5) is 0 Å². The molecule has 11 aromatic rings. The molecule has 3 aromatic heterocycles. The van der Waals surface area contributed by atoms with Gasteiger partial charge < -0.3 is 13.7 Å². The van der Waals surface area contributed by atoms with Crippen LogP contribution in [0.15, 0.2) is 176 Å². The summed E-state index contributed by atoms with van der Waals surface area (Å²) in [5.41, 5.74) is 10.7. The van der Waals surface area contributed by atoms with Crippen molar-refractivity contribution in [2.45, 2.75) is 0 Å². The maximum Gasteiger partial charge on any atom is 0.0788 e. The Morgan fingerprint density at radius 1 is 0.245 bits per heavy atom. The molecule has 0 aliphatic carbocycles. The zero-order valence-electron chi connectivity index (χ0n) is 26.6. The summed E-state index contributed by atoms with van der Waals surface area (Å²) in [6.45, 7) is 0. The SMILES string of the molecule is c1cc(-n2c3ccccc3c3ccccc32)cc(-n2c3ccccc3c3ccc4c5ccccc5n(-c5ccc6ccccc6c5)c4c32)c1. The van der Waals surface area contributed by atoms with Crippen LogP contribution < -0.4 is 0 Å². The zero-order valence-corrected chi connectivity index (χ0v) is 26.6. The molecule has 0 amide bonds. The Bertz CT molecular complexity index is 3060. The van der Waals surface area contributed by atoms with Crippen LogP contribution >= 0.6 is 0 Å². The van der Waals surface area contributed by atoms with E-state index in [2.05, 4.69) is 190 Å². The third kappa shape index (κ3) is 3.67. The van der Waals surface area contributed by atoms with Crippen molar-refractivity contribution in [2.24, 2.45) is 0 Å². The van der Waals surface area contributed by atoms with E-state index in [1.807, 2.05) is 0 Å². The normalized spacial score (nSPS) is 12.1. The maximum absolute atomic E-state index is 2.49. The minimum Gasteiger partial charge on any atom is -0.309 e. The largest absolute Gasteiger partial charge is 0.309 e. The average molecular weight is 624 g/mol. The Kier molecular flexibility index (Phi) is 5.38. The first kappa shape index (κ1) is 26.5. The van der Waals surface area contributed by atoms with E-state index in [-0.39, 0.29) is 0 Å². The molecule has 0 saturated carbocycles. The fraction of sp³-hybridized carbons (Fsp3) is 0. The minimum atomic E-state index is 1.13. The number of aromatic nitrogens is 3. The van der Waals surface area contributed by atoms with Crippen LogP contribution in [0.3, 0.4) is 0 Å².